The number of nitrogens with zero attached hydrogens (tertiary/aromatic N) is 6. The van der Waals surface area contributed by atoms with Gasteiger partial charge in [-0.15, -0.1) is 0 Å². The highest BCUT2D eigenvalue weighted by Crippen LogP contribution is 2.48. The Morgan fingerprint density at radius 2 is 1.82 bits per heavy atom. The standard InChI is InChI=1S/C37H38FN7O4/c1-22-10-8-12-29(41-22)48-27-18-17-25-26(32(27)38)20-45(36(47)49-37(2,3)4)35-31-30(25)33(44(7)34(31)39-21-40-35)23-13-15-24(16-14-23)42-28(46)11-9-19-43(5)6/h8-18,21H,19-20H2,1-7H3,(H,42,46)/b11-9+. The molecule has 0 radical (unpaired) electrons. The maximum absolute atomic E-state index is 16.7. The van der Waals surface area contributed by atoms with Crippen molar-refractivity contribution in [2.75, 3.05) is 30.9 Å². The largest absolute Gasteiger partial charge is 0.443 e. The lowest BCUT2D eigenvalue weighted by atomic mass is 9.95. The van der Waals surface area contributed by atoms with Gasteiger partial charge in [-0.05, 0) is 77.2 Å². The zero-order valence-electron chi connectivity index (χ0n) is 28.5. The summed E-state index contributed by atoms with van der Waals surface area (Å²) in [5.41, 5.74) is 3.99. The number of ether oxygens (including phenoxy) is 2. The topological polar surface area (TPSA) is 115 Å². The molecule has 49 heavy (non-hydrogen) atoms. The van der Waals surface area contributed by atoms with Crippen molar-refractivity contribution in [3.05, 3.63) is 90.2 Å². The minimum absolute atomic E-state index is 0.0357. The quantitative estimate of drug-likeness (QED) is 0.181. The first kappa shape index (κ1) is 33.3. The molecule has 0 unspecified atom stereocenters. The Hall–Kier alpha value is -5.62. The van der Waals surface area contributed by atoms with E-state index in [1.807, 2.05) is 55.7 Å². The Labute approximate surface area is 284 Å². The summed E-state index contributed by atoms with van der Waals surface area (Å²) in [5, 5.41) is 3.45. The lowest BCUT2D eigenvalue weighted by Gasteiger charge is -2.27. The predicted molar refractivity (Wildman–Crippen MR) is 187 cm³/mol. The number of pyridine rings is 1. The van der Waals surface area contributed by atoms with Gasteiger partial charge in [0.1, 0.15) is 17.6 Å². The summed E-state index contributed by atoms with van der Waals surface area (Å²) in [6.07, 6.45) is 3.99. The number of aromatic nitrogens is 4. The number of benzene rings is 2. The molecule has 11 nitrogen and oxygen atoms in total. The summed E-state index contributed by atoms with van der Waals surface area (Å²) in [6, 6.07) is 16.0. The van der Waals surface area contributed by atoms with Crippen molar-refractivity contribution in [3.8, 4) is 34.0 Å². The molecule has 0 fully saturated rings. The molecule has 1 aliphatic heterocycles. The molecule has 0 atom stereocenters. The summed E-state index contributed by atoms with van der Waals surface area (Å²) in [7, 11) is 5.71. The fourth-order valence-electron chi connectivity index (χ4n) is 5.76. The van der Waals surface area contributed by atoms with Crippen molar-refractivity contribution >= 4 is 34.5 Å². The number of halogens is 1. The third-order valence-electron chi connectivity index (χ3n) is 7.85. The molecule has 4 heterocycles. The van der Waals surface area contributed by atoms with Crippen LogP contribution in [0.15, 0.2) is 73.1 Å². The van der Waals surface area contributed by atoms with E-state index in [4.69, 9.17) is 9.47 Å². The molecule has 0 saturated carbocycles. The van der Waals surface area contributed by atoms with Crippen molar-refractivity contribution in [1.29, 1.82) is 0 Å². The average molecular weight is 664 g/mol. The van der Waals surface area contributed by atoms with Crippen molar-refractivity contribution in [3.63, 3.8) is 0 Å². The number of anilines is 2. The number of fused-ring (bicyclic) bond motifs is 2. The van der Waals surface area contributed by atoms with E-state index >= 15 is 4.39 Å². The first-order valence-corrected chi connectivity index (χ1v) is 15.8. The summed E-state index contributed by atoms with van der Waals surface area (Å²) in [6.45, 7) is 7.60. The van der Waals surface area contributed by atoms with Crippen molar-refractivity contribution in [2.24, 2.45) is 7.05 Å². The highest BCUT2D eigenvalue weighted by Gasteiger charge is 2.36. The second kappa shape index (κ2) is 13.1. The first-order valence-electron chi connectivity index (χ1n) is 15.8. The molecule has 12 heteroatoms. The van der Waals surface area contributed by atoms with E-state index in [1.54, 1.807) is 63.2 Å². The second-order valence-electron chi connectivity index (χ2n) is 13.1. The van der Waals surface area contributed by atoms with Gasteiger partial charge in [-0.1, -0.05) is 30.3 Å². The van der Waals surface area contributed by atoms with Crippen LogP contribution in [0.25, 0.3) is 33.4 Å². The van der Waals surface area contributed by atoms with E-state index in [0.717, 1.165) is 17.0 Å². The van der Waals surface area contributed by atoms with Crippen LogP contribution in [-0.4, -0.2) is 62.7 Å². The lowest BCUT2D eigenvalue weighted by molar-refractivity contribution is -0.111. The predicted octanol–water partition coefficient (Wildman–Crippen LogP) is 7.25. The van der Waals surface area contributed by atoms with Crippen LogP contribution in [0.3, 0.4) is 0 Å². The van der Waals surface area contributed by atoms with E-state index in [9.17, 15) is 9.59 Å². The van der Waals surface area contributed by atoms with Gasteiger partial charge in [0, 0.05) is 48.2 Å². The zero-order valence-corrected chi connectivity index (χ0v) is 28.5. The number of aryl methyl sites for hydroxylation is 2. The molecule has 0 saturated heterocycles. The average Bonchev–Trinajstić information content (AvgIpc) is 3.23. The van der Waals surface area contributed by atoms with Gasteiger partial charge in [-0.25, -0.2) is 24.1 Å². The molecule has 0 spiro atoms. The molecule has 0 bridgehead atoms. The Bertz CT molecular complexity index is 2100. The molecule has 6 rings (SSSR count). The molecule has 3 aromatic heterocycles. The summed E-state index contributed by atoms with van der Waals surface area (Å²) in [5.74, 6) is -0.377. The third kappa shape index (κ3) is 6.86. The molecular weight excluding hydrogens is 625 g/mol. The molecule has 1 N–H and O–H groups in total. The number of amides is 2. The minimum atomic E-state index is -0.817. The molecular formula is C37H38FN7O4. The first-order chi connectivity index (χ1) is 23.3. The number of hydrogen-bond donors (Lipinski definition) is 1. The number of carbonyl (C=O) groups is 2. The minimum Gasteiger partial charge on any atom is -0.443 e. The van der Waals surface area contributed by atoms with Crippen molar-refractivity contribution < 1.29 is 23.5 Å². The zero-order chi connectivity index (χ0) is 35.0. The van der Waals surface area contributed by atoms with E-state index in [0.29, 0.717) is 40.2 Å². The molecule has 2 aromatic carbocycles. The Kier molecular flexibility index (Phi) is 8.91. The van der Waals surface area contributed by atoms with E-state index in [2.05, 4.69) is 20.3 Å². The van der Waals surface area contributed by atoms with Crippen molar-refractivity contribution in [2.45, 2.75) is 39.8 Å². The normalized spacial score (nSPS) is 12.7. The van der Waals surface area contributed by atoms with Gasteiger partial charge in [0.05, 0.1) is 17.6 Å². The van der Waals surface area contributed by atoms with E-state index in [1.165, 1.54) is 17.3 Å². The van der Waals surface area contributed by atoms with Gasteiger partial charge < -0.3 is 24.3 Å². The fraction of sp³-hybridized carbons (Fsp3) is 0.270. The van der Waals surface area contributed by atoms with Gasteiger partial charge in [-0.3, -0.25) is 9.69 Å². The van der Waals surface area contributed by atoms with Crippen LogP contribution >= 0.6 is 0 Å². The maximum atomic E-state index is 16.7. The lowest BCUT2D eigenvalue weighted by Crippen LogP contribution is -2.37. The van der Waals surface area contributed by atoms with Gasteiger partial charge in [0.15, 0.2) is 17.4 Å². The van der Waals surface area contributed by atoms with Crippen molar-refractivity contribution in [1.82, 2.24) is 24.4 Å². The number of likely N-dealkylation sites (N-methyl/N-ethyl adjacent to an activating group) is 1. The molecule has 5 aromatic rings. The molecule has 2 amide bonds. The number of carbonyl (C=O) groups excluding carboxylic acids is 2. The number of hydrogen-bond acceptors (Lipinski definition) is 8. The smallest absolute Gasteiger partial charge is 0.416 e. The summed E-state index contributed by atoms with van der Waals surface area (Å²) in [4.78, 5) is 43.1. The molecule has 1 aliphatic rings. The summed E-state index contributed by atoms with van der Waals surface area (Å²) >= 11 is 0. The third-order valence-corrected chi connectivity index (χ3v) is 7.85. The van der Waals surface area contributed by atoms with Gasteiger partial charge in [-0.2, -0.15) is 0 Å². The van der Waals surface area contributed by atoms with Gasteiger partial charge in [0.25, 0.3) is 0 Å². The van der Waals surface area contributed by atoms with Gasteiger partial charge >= 0.3 is 6.09 Å². The van der Waals surface area contributed by atoms with E-state index < -0.39 is 17.5 Å². The van der Waals surface area contributed by atoms with Gasteiger partial charge in [0.2, 0.25) is 11.8 Å². The summed E-state index contributed by atoms with van der Waals surface area (Å²) < 4.78 is 30.3. The van der Waals surface area contributed by atoms with Crippen LogP contribution in [0.1, 0.15) is 32.0 Å². The van der Waals surface area contributed by atoms with Crippen LogP contribution in [-0.2, 0) is 23.1 Å². The molecule has 252 valence electrons. The monoisotopic (exact) mass is 663 g/mol. The van der Waals surface area contributed by atoms with Crippen LogP contribution in [0.2, 0.25) is 0 Å². The highest BCUT2D eigenvalue weighted by molar-refractivity contribution is 6.12. The highest BCUT2D eigenvalue weighted by atomic mass is 19.1. The van der Waals surface area contributed by atoms with Crippen LogP contribution in [0.5, 0.6) is 11.6 Å². The van der Waals surface area contributed by atoms with E-state index in [-0.39, 0.29) is 29.6 Å². The van der Waals surface area contributed by atoms with Crippen LogP contribution in [0, 0.1) is 12.7 Å². The molecule has 0 aliphatic carbocycles. The fourth-order valence-corrected chi connectivity index (χ4v) is 5.76. The second-order valence-corrected chi connectivity index (χ2v) is 13.1. The maximum Gasteiger partial charge on any atom is 0.416 e. The van der Waals surface area contributed by atoms with Crippen LogP contribution < -0.4 is 15.0 Å². The SMILES string of the molecule is Cc1cccc(Oc2ccc3c(c2F)CN(C(=O)OC(C)(C)C)c2ncnc4c2c-3c(-c2ccc(NC(=O)/C=C/CN(C)C)cc2)n4C)n1. The Morgan fingerprint density at radius 3 is 2.51 bits per heavy atom. The van der Waals surface area contributed by atoms with Crippen LogP contribution in [0.4, 0.5) is 20.7 Å². The number of rotatable bonds is 7. The Balaban J connectivity index is 1.50. The Morgan fingerprint density at radius 1 is 1.06 bits per heavy atom. The number of nitrogens with one attached hydrogen (secondary N) is 1.